The standard InChI is InChI=1S/C18H17F3N2O2.ClH/c19-18(20,21)14-3-1-2-13(8-14)11-4-6-12(7-5-11)17(25)23-15-9-22-10-16(15)24;/h1-8,15-16,22,24H,9-10H2,(H,23,25);1H/t15-,16-;/m1./s1. The number of rotatable bonds is 3. The molecule has 4 nitrogen and oxygen atoms in total. The highest BCUT2D eigenvalue weighted by Gasteiger charge is 2.30. The first-order valence-corrected chi connectivity index (χ1v) is 7.82. The SMILES string of the molecule is Cl.O=C(N[C@@H]1CNC[C@H]1O)c1ccc(-c2cccc(C(F)(F)F)c2)cc1. The number of halogens is 4. The number of carbonyl (C=O) groups is 1. The van der Waals surface area contributed by atoms with Crippen molar-refractivity contribution in [3.05, 3.63) is 59.7 Å². The second-order valence-electron chi connectivity index (χ2n) is 5.96. The second-order valence-corrected chi connectivity index (χ2v) is 5.96. The third-order valence-corrected chi connectivity index (χ3v) is 4.17. The summed E-state index contributed by atoms with van der Waals surface area (Å²) in [6.45, 7) is 0.925. The first-order valence-electron chi connectivity index (χ1n) is 7.82. The molecule has 8 heteroatoms. The first kappa shape index (κ1) is 20.2. The molecule has 26 heavy (non-hydrogen) atoms. The molecule has 140 valence electrons. The number of aliphatic hydroxyl groups excluding tert-OH is 1. The molecule has 0 aliphatic carbocycles. The summed E-state index contributed by atoms with van der Waals surface area (Å²) >= 11 is 0. The maximum absolute atomic E-state index is 12.8. The predicted molar refractivity (Wildman–Crippen MR) is 94.3 cm³/mol. The molecule has 3 N–H and O–H groups in total. The summed E-state index contributed by atoms with van der Waals surface area (Å²) in [5, 5.41) is 15.4. The molecule has 0 saturated carbocycles. The van der Waals surface area contributed by atoms with Gasteiger partial charge >= 0.3 is 6.18 Å². The van der Waals surface area contributed by atoms with E-state index in [4.69, 9.17) is 0 Å². The topological polar surface area (TPSA) is 61.4 Å². The van der Waals surface area contributed by atoms with Crippen LogP contribution in [-0.4, -0.2) is 36.2 Å². The van der Waals surface area contributed by atoms with E-state index in [1.54, 1.807) is 30.3 Å². The fourth-order valence-electron chi connectivity index (χ4n) is 2.75. The van der Waals surface area contributed by atoms with Crippen molar-refractivity contribution in [1.29, 1.82) is 0 Å². The highest BCUT2D eigenvalue weighted by molar-refractivity contribution is 5.95. The van der Waals surface area contributed by atoms with Crippen molar-refractivity contribution in [1.82, 2.24) is 10.6 Å². The Labute approximate surface area is 154 Å². The summed E-state index contributed by atoms with van der Waals surface area (Å²) in [6, 6.07) is 11.0. The maximum Gasteiger partial charge on any atom is 0.416 e. The second kappa shape index (κ2) is 8.07. The minimum absolute atomic E-state index is 0. The zero-order valence-electron chi connectivity index (χ0n) is 13.6. The predicted octanol–water partition coefficient (Wildman–Crippen LogP) is 2.86. The number of hydrogen-bond donors (Lipinski definition) is 3. The van der Waals surface area contributed by atoms with Crippen molar-refractivity contribution < 1.29 is 23.1 Å². The summed E-state index contributed by atoms with van der Waals surface area (Å²) < 4.78 is 38.4. The van der Waals surface area contributed by atoms with Crippen LogP contribution >= 0.6 is 12.4 Å². The summed E-state index contributed by atoms with van der Waals surface area (Å²) in [7, 11) is 0. The van der Waals surface area contributed by atoms with Gasteiger partial charge in [0.25, 0.3) is 5.91 Å². The van der Waals surface area contributed by atoms with E-state index in [0.29, 0.717) is 29.8 Å². The van der Waals surface area contributed by atoms with Gasteiger partial charge in [-0.3, -0.25) is 4.79 Å². The molecule has 0 radical (unpaired) electrons. The lowest BCUT2D eigenvalue weighted by Gasteiger charge is -2.15. The van der Waals surface area contributed by atoms with Crippen molar-refractivity contribution in [3.63, 3.8) is 0 Å². The molecule has 1 amide bonds. The molecule has 0 bridgehead atoms. The van der Waals surface area contributed by atoms with Gasteiger partial charge in [0.15, 0.2) is 0 Å². The maximum atomic E-state index is 12.8. The van der Waals surface area contributed by atoms with Gasteiger partial charge in [0.05, 0.1) is 17.7 Å². The molecule has 1 saturated heterocycles. The van der Waals surface area contributed by atoms with Gasteiger partial charge in [0, 0.05) is 18.7 Å². The summed E-state index contributed by atoms with van der Waals surface area (Å²) in [4.78, 5) is 12.2. The number of benzene rings is 2. The monoisotopic (exact) mass is 386 g/mol. The third-order valence-electron chi connectivity index (χ3n) is 4.17. The number of amides is 1. The van der Waals surface area contributed by atoms with Crippen molar-refractivity contribution in [3.8, 4) is 11.1 Å². The lowest BCUT2D eigenvalue weighted by molar-refractivity contribution is -0.137. The molecule has 2 aromatic rings. The van der Waals surface area contributed by atoms with Gasteiger partial charge in [-0.15, -0.1) is 12.4 Å². The van der Waals surface area contributed by atoms with E-state index in [-0.39, 0.29) is 24.4 Å². The zero-order valence-corrected chi connectivity index (χ0v) is 14.4. The molecule has 0 aromatic heterocycles. The van der Waals surface area contributed by atoms with Gasteiger partial charge in [-0.2, -0.15) is 13.2 Å². The smallest absolute Gasteiger partial charge is 0.390 e. The van der Waals surface area contributed by atoms with E-state index in [1.807, 2.05) is 0 Å². The summed E-state index contributed by atoms with van der Waals surface area (Å²) in [6.07, 6.45) is -5.03. The van der Waals surface area contributed by atoms with Crippen LogP contribution in [0.5, 0.6) is 0 Å². The molecule has 3 rings (SSSR count). The van der Waals surface area contributed by atoms with Crippen LogP contribution in [0.4, 0.5) is 13.2 Å². The average molecular weight is 387 g/mol. The van der Waals surface area contributed by atoms with E-state index in [0.717, 1.165) is 12.1 Å². The van der Waals surface area contributed by atoms with Gasteiger partial charge in [-0.1, -0.05) is 24.3 Å². The Morgan fingerprint density at radius 2 is 1.77 bits per heavy atom. The molecule has 1 aliphatic rings. The number of aliphatic hydroxyl groups is 1. The quantitative estimate of drug-likeness (QED) is 0.760. The molecule has 2 aromatic carbocycles. The van der Waals surface area contributed by atoms with Crippen molar-refractivity contribution in [2.45, 2.75) is 18.3 Å². The number of β-amino-alcohol motifs (C(OH)–C–C–N with tert-alkyl or cyclic N) is 1. The zero-order chi connectivity index (χ0) is 18.0. The molecule has 1 heterocycles. The van der Waals surface area contributed by atoms with Gasteiger partial charge in [0.1, 0.15) is 0 Å². The normalized spacial score (nSPS) is 19.7. The number of hydrogen-bond acceptors (Lipinski definition) is 3. The Balaban J connectivity index is 0.00000243. The largest absolute Gasteiger partial charge is 0.416 e. The molecular formula is C18H18ClF3N2O2. The number of alkyl halides is 3. The Morgan fingerprint density at radius 1 is 1.08 bits per heavy atom. The Morgan fingerprint density at radius 3 is 2.35 bits per heavy atom. The van der Waals surface area contributed by atoms with Gasteiger partial charge in [-0.05, 0) is 35.4 Å². The van der Waals surface area contributed by atoms with Crippen LogP contribution in [-0.2, 0) is 6.18 Å². The summed E-state index contributed by atoms with van der Waals surface area (Å²) in [5.41, 5.74) is 0.687. The van der Waals surface area contributed by atoms with Crippen LogP contribution in [0.25, 0.3) is 11.1 Å². The lowest BCUT2D eigenvalue weighted by Crippen LogP contribution is -2.42. The highest BCUT2D eigenvalue weighted by Crippen LogP contribution is 2.32. The van der Waals surface area contributed by atoms with Crippen molar-refractivity contribution in [2.24, 2.45) is 0 Å². The van der Waals surface area contributed by atoms with E-state index >= 15 is 0 Å². The average Bonchev–Trinajstić information content (AvgIpc) is 2.99. The van der Waals surface area contributed by atoms with Crippen molar-refractivity contribution in [2.75, 3.05) is 13.1 Å². The minimum Gasteiger partial charge on any atom is -0.390 e. The van der Waals surface area contributed by atoms with Crippen LogP contribution in [0, 0.1) is 0 Å². The Kier molecular flexibility index (Phi) is 6.28. The van der Waals surface area contributed by atoms with Gasteiger partial charge in [0.2, 0.25) is 0 Å². The van der Waals surface area contributed by atoms with Crippen LogP contribution < -0.4 is 10.6 Å². The number of nitrogens with one attached hydrogen (secondary N) is 2. The fourth-order valence-corrected chi connectivity index (χ4v) is 2.75. The third kappa shape index (κ3) is 4.55. The Bertz CT molecular complexity index is 766. The number of carbonyl (C=O) groups excluding carboxylic acids is 1. The van der Waals surface area contributed by atoms with Crippen LogP contribution in [0.2, 0.25) is 0 Å². The first-order chi connectivity index (χ1) is 11.8. The van der Waals surface area contributed by atoms with E-state index < -0.39 is 17.8 Å². The van der Waals surface area contributed by atoms with Crippen LogP contribution in [0.1, 0.15) is 15.9 Å². The molecule has 0 spiro atoms. The van der Waals surface area contributed by atoms with Crippen molar-refractivity contribution >= 4 is 18.3 Å². The highest BCUT2D eigenvalue weighted by atomic mass is 35.5. The van der Waals surface area contributed by atoms with E-state index in [1.165, 1.54) is 6.07 Å². The van der Waals surface area contributed by atoms with Crippen LogP contribution in [0.15, 0.2) is 48.5 Å². The Hall–Kier alpha value is -2.09. The van der Waals surface area contributed by atoms with Gasteiger partial charge in [-0.25, -0.2) is 0 Å². The molecule has 1 aliphatic heterocycles. The summed E-state index contributed by atoms with van der Waals surface area (Å²) in [5.74, 6) is -0.330. The minimum atomic E-state index is -4.40. The lowest BCUT2D eigenvalue weighted by atomic mass is 10.0. The molecular weight excluding hydrogens is 369 g/mol. The van der Waals surface area contributed by atoms with Crippen LogP contribution in [0.3, 0.4) is 0 Å². The molecule has 0 unspecified atom stereocenters. The van der Waals surface area contributed by atoms with Gasteiger partial charge < -0.3 is 15.7 Å². The fraction of sp³-hybridized carbons (Fsp3) is 0.278. The van der Waals surface area contributed by atoms with E-state index in [2.05, 4.69) is 10.6 Å². The van der Waals surface area contributed by atoms with E-state index in [9.17, 15) is 23.1 Å². The molecule has 2 atom stereocenters. The molecule has 1 fully saturated rings.